The third-order valence-corrected chi connectivity index (χ3v) is 3.38. The summed E-state index contributed by atoms with van der Waals surface area (Å²) in [7, 11) is 1.55. The molecule has 2 heterocycles. The zero-order chi connectivity index (χ0) is 15.6. The van der Waals surface area contributed by atoms with Crippen LogP contribution in [-0.2, 0) is 10.9 Å². The number of nitrogens with zero attached hydrogens (tertiary/aromatic N) is 2. The molecule has 1 aliphatic rings. The van der Waals surface area contributed by atoms with Crippen LogP contribution in [0.2, 0.25) is 0 Å². The molecule has 1 saturated heterocycles. The van der Waals surface area contributed by atoms with Crippen LogP contribution in [0.15, 0.2) is 12.1 Å². The molecular formula is C13H15F3N2O3. The number of aromatic carboxylic acids is 1. The van der Waals surface area contributed by atoms with Gasteiger partial charge in [-0.3, -0.25) is 0 Å². The normalized spacial score (nSPS) is 19.0. The summed E-state index contributed by atoms with van der Waals surface area (Å²) in [5.74, 6) is -1.26. The monoisotopic (exact) mass is 304 g/mol. The molecule has 0 bridgehead atoms. The number of hydrogen-bond acceptors (Lipinski definition) is 4. The van der Waals surface area contributed by atoms with Crippen molar-refractivity contribution in [3.8, 4) is 0 Å². The van der Waals surface area contributed by atoms with E-state index in [1.54, 1.807) is 12.0 Å². The van der Waals surface area contributed by atoms with Gasteiger partial charge in [-0.2, -0.15) is 13.2 Å². The fourth-order valence-electron chi connectivity index (χ4n) is 2.41. The third-order valence-electron chi connectivity index (χ3n) is 3.38. The van der Waals surface area contributed by atoms with Crippen molar-refractivity contribution in [1.82, 2.24) is 4.98 Å². The summed E-state index contributed by atoms with van der Waals surface area (Å²) in [6, 6.07) is 1.65. The second kappa shape index (κ2) is 5.88. The van der Waals surface area contributed by atoms with Crippen molar-refractivity contribution in [3.05, 3.63) is 23.4 Å². The van der Waals surface area contributed by atoms with Crippen molar-refractivity contribution in [3.63, 3.8) is 0 Å². The van der Waals surface area contributed by atoms with Gasteiger partial charge in [0.25, 0.3) is 0 Å². The summed E-state index contributed by atoms with van der Waals surface area (Å²) in [4.78, 5) is 16.3. The number of anilines is 1. The van der Waals surface area contributed by atoms with Gasteiger partial charge in [-0.25, -0.2) is 9.78 Å². The van der Waals surface area contributed by atoms with Crippen LogP contribution in [0.5, 0.6) is 0 Å². The highest BCUT2D eigenvalue weighted by molar-refractivity contribution is 5.93. The predicted octanol–water partition coefficient (Wildman–Crippen LogP) is 2.27. The fourth-order valence-corrected chi connectivity index (χ4v) is 2.41. The molecule has 21 heavy (non-hydrogen) atoms. The highest BCUT2D eigenvalue weighted by atomic mass is 19.4. The highest BCUT2D eigenvalue weighted by Crippen LogP contribution is 2.32. The minimum absolute atomic E-state index is 0.129. The van der Waals surface area contributed by atoms with Crippen LogP contribution in [0.1, 0.15) is 22.5 Å². The fraction of sp³-hybridized carbons (Fsp3) is 0.538. The van der Waals surface area contributed by atoms with Crippen molar-refractivity contribution in [2.75, 3.05) is 31.7 Å². The first-order chi connectivity index (χ1) is 9.82. The van der Waals surface area contributed by atoms with Crippen molar-refractivity contribution < 1.29 is 27.8 Å². The van der Waals surface area contributed by atoms with E-state index in [9.17, 15) is 18.0 Å². The Morgan fingerprint density at radius 3 is 2.81 bits per heavy atom. The van der Waals surface area contributed by atoms with Crippen LogP contribution >= 0.6 is 0 Å². The van der Waals surface area contributed by atoms with Gasteiger partial charge in [-0.1, -0.05) is 0 Å². The van der Waals surface area contributed by atoms with Gasteiger partial charge in [0.15, 0.2) is 0 Å². The van der Waals surface area contributed by atoms with Crippen LogP contribution in [0.25, 0.3) is 0 Å². The lowest BCUT2D eigenvalue weighted by molar-refractivity contribution is -0.141. The molecule has 0 saturated carbocycles. The first-order valence-corrected chi connectivity index (χ1v) is 6.38. The van der Waals surface area contributed by atoms with E-state index in [4.69, 9.17) is 9.84 Å². The van der Waals surface area contributed by atoms with Crippen LogP contribution in [0.4, 0.5) is 19.0 Å². The Balaban J connectivity index is 2.34. The van der Waals surface area contributed by atoms with Crippen LogP contribution in [-0.4, -0.2) is 42.9 Å². The lowest BCUT2D eigenvalue weighted by Gasteiger charge is -2.20. The molecule has 1 aromatic rings. The van der Waals surface area contributed by atoms with Gasteiger partial charge < -0.3 is 14.7 Å². The lowest BCUT2D eigenvalue weighted by atomic mass is 10.1. The van der Waals surface area contributed by atoms with Gasteiger partial charge in [-0.15, -0.1) is 0 Å². The molecule has 116 valence electrons. The van der Waals surface area contributed by atoms with E-state index in [1.165, 1.54) is 0 Å². The number of carbonyl (C=O) groups is 1. The molecule has 1 unspecified atom stereocenters. The Bertz CT molecular complexity index is 534. The second-order valence-electron chi connectivity index (χ2n) is 4.93. The van der Waals surface area contributed by atoms with Gasteiger partial charge in [0.1, 0.15) is 17.1 Å². The summed E-state index contributed by atoms with van der Waals surface area (Å²) in [6.45, 7) is 1.38. The molecule has 0 spiro atoms. The number of rotatable bonds is 4. The Morgan fingerprint density at radius 1 is 1.52 bits per heavy atom. The maximum atomic E-state index is 12.7. The van der Waals surface area contributed by atoms with Crippen LogP contribution < -0.4 is 4.90 Å². The quantitative estimate of drug-likeness (QED) is 0.924. The first-order valence-electron chi connectivity index (χ1n) is 6.38. The Kier molecular flexibility index (Phi) is 4.36. The first kappa shape index (κ1) is 15.6. The van der Waals surface area contributed by atoms with Crippen LogP contribution in [0.3, 0.4) is 0 Å². The molecule has 0 amide bonds. The zero-order valence-corrected chi connectivity index (χ0v) is 11.4. The minimum Gasteiger partial charge on any atom is -0.478 e. The summed E-state index contributed by atoms with van der Waals surface area (Å²) < 4.78 is 43.2. The summed E-state index contributed by atoms with van der Waals surface area (Å²) >= 11 is 0. The molecule has 0 radical (unpaired) electrons. The molecule has 1 aliphatic heterocycles. The smallest absolute Gasteiger partial charge is 0.433 e. The molecule has 1 aromatic heterocycles. The number of aromatic nitrogens is 1. The number of ether oxygens (including phenoxy) is 1. The minimum atomic E-state index is -4.60. The largest absolute Gasteiger partial charge is 0.478 e. The highest BCUT2D eigenvalue weighted by Gasteiger charge is 2.35. The van der Waals surface area contributed by atoms with Gasteiger partial charge in [0, 0.05) is 26.1 Å². The third kappa shape index (κ3) is 3.44. The standard InChI is InChI=1S/C13H15F3N2O3/c1-21-7-8-4-5-18(6-8)11-9(12(19)20)2-3-10(17-11)13(14,15)16/h2-3,8H,4-7H2,1H3,(H,19,20). The predicted molar refractivity (Wildman–Crippen MR) is 68.4 cm³/mol. The summed E-state index contributed by atoms with van der Waals surface area (Å²) in [5.41, 5.74) is -1.31. The topological polar surface area (TPSA) is 62.7 Å². The molecular weight excluding hydrogens is 289 g/mol. The average molecular weight is 304 g/mol. The molecule has 8 heteroatoms. The number of carboxylic acids is 1. The maximum Gasteiger partial charge on any atom is 0.433 e. The lowest BCUT2D eigenvalue weighted by Crippen LogP contribution is -2.25. The van der Waals surface area contributed by atoms with E-state index in [2.05, 4.69) is 4.98 Å². The Labute approximate surface area is 119 Å². The van der Waals surface area contributed by atoms with E-state index in [-0.39, 0.29) is 17.3 Å². The molecule has 2 rings (SSSR count). The van der Waals surface area contributed by atoms with Crippen molar-refractivity contribution in [2.45, 2.75) is 12.6 Å². The molecule has 5 nitrogen and oxygen atoms in total. The van der Waals surface area contributed by atoms with E-state index in [1.807, 2.05) is 0 Å². The molecule has 1 fully saturated rings. The van der Waals surface area contributed by atoms with Crippen molar-refractivity contribution in [1.29, 1.82) is 0 Å². The van der Waals surface area contributed by atoms with E-state index in [0.717, 1.165) is 12.5 Å². The number of alkyl halides is 3. The van der Waals surface area contributed by atoms with E-state index >= 15 is 0 Å². The second-order valence-corrected chi connectivity index (χ2v) is 4.93. The number of hydrogen-bond donors (Lipinski definition) is 1. The summed E-state index contributed by atoms with van der Waals surface area (Å²) in [5, 5.41) is 9.12. The van der Waals surface area contributed by atoms with Gasteiger partial charge in [0.2, 0.25) is 0 Å². The Hall–Kier alpha value is -1.83. The number of halogens is 3. The molecule has 1 N–H and O–H groups in total. The Morgan fingerprint density at radius 2 is 2.24 bits per heavy atom. The van der Waals surface area contributed by atoms with Gasteiger partial charge in [0.05, 0.1) is 6.61 Å². The van der Waals surface area contributed by atoms with E-state index < -0.39 is 17.8 Å². The molecule has 0 aliphatic carbocycles. The van der Waals surface area contributed by atoms with Gasteiger partial charge in [-0.05, 0) is 18.6 Å². The van der Waals surface area contributed by atoms with Crippen molar-refractivity contribution >= 4 is 11.8 Å². The molecule has 0 aromatic carbocycles. The zero-order valence-electron chi connectivity index (χ0n) is 11.4. The van der Waals surface area contributed by atoms with Crippen molar-refractivity contribution in [2.24, 2.45) is 5.92 Å². The molecule has 1 atom stereocenters. The number of methoxy groups -OCH3 is 1. The number of carboxylic acid groups (broad SMARTS) is 1. The maximum absolute atomic E-state index is 12.7. The van der Waals surface area contributed by atoms with E-state index in [0.29, 0.717) is 25.8 Å². The summed E-state index contributed by atoms with van der Waals surface area (Å²) in [6.07, 6.45) is -3.87. The number of pyridine rings is 1. The average Bonchev–Trinajstić information content (AvgIpc) is 2.86. The van der Waals surface area contributed by atoms with Crippen LogP contribution in [0, 0.1) is 5.92 Å². The van der Waals surface area contributed by atoms with Gasteiger partial charge >= 0.3 is 12.1 Å². The SMILES string of the molecule is COCC1CCN(c2nc(C(F)(F)F)ccc2C(=O)O)C1.